The van der Waals surface area contributed by atoms with Gasteiger partial charge in [0.05, 0.1) is 13.0 Å². The van der Waals surface area contributed by atoms with Gasteiger partial charge in [0.25, 0.3) is 0 Å². The van der Waals surface area contributed by atoms with Crippen molar-refractivity contribution in [1.29, 1.82) is 0 Å². The minimum atomic E-state index is -0.455. The normalized spacial score (nSPS) is 11.7. The van der Waals surface area contributed by atoms with Gasteiger partial charge in [-0.15, -0.1) is 0 Å². The summed E-state index contributed by atoms with van der Waals surface area (Å²) >= 11 is 2.13. The van der Waals surface area contributed by atoms with Crippen LogP contribution in [0.4, 0.5) is 5.82 Å². The highest BCUT2D eigenvalue weighted by atomic mass is 127. The Bertz CT molecular complexity index is 406. The van der Waals surface area contributed by atoms with E-state index in [0.717, 1.165) is 3.57 Å². The van der Waals surface area contributed by atoms with Crippen LogP contribution in [-0.4, -0.2) is 24.0 Å². The standard InChI is InChI=1S/C11H13IN2O3/c1-7(11(16)17-2)5-10(15)14-9-4-3-8(12)6-13-9/h3-4,6-7H,5H2,1-2H3,(H,13,14,15)/t7-/m0/s1. The molecule has 0 radical (unpaired) electrons. The van der Waals surface area contributed by atoms with Crippen LogP contribution in [0.25, 0.3) is 0 Å². The van der Waals surface area contributed by atoms with Gasteiger partial charge < -0.3 is 10.1 Å². The molecule has 0 fully saturated rings. The summed E-state index contributed by atoms with van der Waals surface area (Å²) in [6.45, 7) is 1.65. The molecule has 17 heavy (non-hydrogen) atoms. The van der Waals surface area contributed by atoms with E-state index >= 15 is 0 Å². The van der Waals surface area contributed by atoms with Crippen molar-refractivity contribution < 1.29 is 14.3 Å². The fourth-order valence-corrected chi connectivity index (χ4v) is 1.53. The Morgan fingerprint density at radius 1 is 1.53 bits per heavy atom. The van der Waals surface area contributed by atoms with Crippen molar-refractivity contribution in [2.75, 3.05) is 12.4 Å². The Morgan fingerprint density at radius 3 is 2.76 bits per heavy atom. The number of rotatable bonds is 4. The van der Waals surface area contributed by atoms with Gasteiger partial charge in [0.15, 0.2) is 0 Å². The van der Waals surface area contributed by atoms with E-state index < -0.39 is 11.9 Å². The molecule has 1 aromatic heterocycles. The van der Waals surface area contributed by atoms with Crippen molar-refractivity contribution in [2.45, 2.75) is 13.3 Å². The molecular formula is C11H13IN2O3. The van der Waals surface area contributed by atoms with Crippen LogP contribution in [0.1, 0.15) is 13.3 Å². The summed E-state index contributed by atoms with van der Waals surface area (Å²) in [7, 11) is 1.30. The molecule has 1 amide bonds. The van der Waals surface area contributed by atoms with Crippen LogP contribution in [0.2, 0.25) is 0 Å². The van der Waals surface area contributed by atoms with Crippen LogP contribution >= 0.6 is 22.6 Å². The van der Waals surface area contributed by atoms with Crippen LogP contribution in [0, 0.1) is 9.49 Å². The number of ether oxygens (including phenoxy) is 1. The third-order valence-corrected chi connectivity index (χ3v) is 2.73. The van der Waals surface area contributed by atoms with E-state index in [-0.39, 0.29) is 12.3 Å². The zero-order valence-corrected chi connectivity index (χ0v) is 11.7. The molecule has 5 nitrogen and oxygen atoms in total. The Morgan fingerprint density at radius 2 is 2.24 bits per heavy atom. The van der Waals surface area contributed by atoms with Crippen LogP contribution in [0.5, 0.6) is 0 Å². The average Bonchev–Trinajstić information content (AvgIpc) is 2.30. The van der Waals surface area contributed by atoms with E-state index in [1.807, 2.05) is 6.07 Å². The number of carbonyl (C=O) groups is 2. The van der Waals surface area contributed by atoms with Gasteiger partial charge in [0.1, 0.15) is 5.82 Å². The first-order valence-corrected chi connectivity index (χ1v) is 6.10. The lowest BCUT2D eigenvalue weighted by atomic mass is 10.1. The quantitative estimate of drug-likeness (QED) is 0.666. The molecule has 1 atom stereocenters. The number of carbonyl (C=O) groups excluding carboxylic acids is 2. The SMILES string of the molecule is COC(=O)[C@@H](C)CC(=O)Nc1ccc(I)cn1. The van der Waals surface area contributed by atoms with Crippen molar-refractivity contribution in [3.63, 3.8) is 0 Å². The minimum absolute atomic E-state index is 0.0837. The van der Waals surface area contributed by atoms with Gasteiger partial charge in [0.2, 0.25) is 5.91 Å². The summed E-state index contributed by atoms with van der Waals surface area (Å²) < 4.78 is 5.53. The summed E-state index contributed by atoms with van der Waals surface area (Å²) in [5, 5.41) is 2.62. The summed E-state index contributed by atoms with van der Waals surface area (Å²) in [5.41, 5.74) is 0. The molecule has 92 valence electrons. The predicted molar refractivity (Wildman–Crippen MR) is 71.4 cm³/mol. The van der Waals surface area contributed by atoms with E-state index in [9.17, 15) is 9.59 Å². The Balaban J connectivity index is 2.50. The highest BCUT2D eigenvalue weighted by molar-refractivity contribution is 14.1. The number of esters is 1. The predicted octanol–water partition coefficient (Wildman–Crippen LogP) is 1.82. The number of nitrogens with zero attached hydrogens (tertiary/aromatic N) is 1. The number of nitrogens with one attached hydrogen (secondary N) is 1. The molecule has 0 aromatic carbocycles. The molecule has 1 heterocycles. The first-order chi connectivity index (χ1) is 8.02. The molecule has 0 aliphatic rings. The number of aromatic nitrogens is 1. The number of amides is 1. The minimum Gasteiger partial charge on any atom is -0.469 e. The van der Waals surface area contributed by atoms with Gasteiger partial charge in [-0.2, -0.15) is 0 Å². The smallest absolute Gasteiger partial charge is 0.308 e. The highest BCUT2D eigenvalue weighted by Gasteiger charge is 2.17. The lowest BCUT2D eigenvalue weighted by molar-refractivity contribution is -0.146. The molecule has 0 bridgehead atoms. The lowest BCUT2D eigenvalue weighted by Gasteiger charge is -2.09. The van der Waals surface area contributed by atoms with Gasteiger partial charge in [-0.1, -0.05) is 6.92 Å². The van der Waals surface area contributed by atoms with Crippen LogP contribution in [-0.2, 0) is 14.3 Å². The van der Waals surface area contributed by atoms with Crippen LogP contribution in [0.15, 0.2) is 18.3 Å². The molecule has 0 unspecified atom stereocenters. The summed E-state index contributed by atoms with van der Waals surface area (Å²) in [6.07, 6.45) is 1.74. The number of hydrogen-bond acceptors (Lipinski definition) is 4. The molecule has 1 rings (SSSR count). The van der Waals surface area contributed by atoms with E-state index in [1.54, 1.807) is 19.2 Å². The topological polar surface area (TPSA) is 68.3 Å². The Hall–Kier alpha value is -1.18. The molecule has 0 aliphatic carbocycles. The summed E-state index contributed by atoms with van der Waals surface area (Å²) in [5.74, 6) is -0.622. The van der Waals surface area contributed by atoms with E-state index in [4.69, 9.17) is 0 Å². The molecule has 0 aliphatic heterocycles. The third kappa shape index (κ3) is 4.68. The van der Waals surface area contributed by atoms with Gasteiger partial charge in [-0.05, 0) is 34.7 Å². The van der Waals surface area contributed by atoms with Crippen molar-refractivity contribution in [3.05, 3.63) is 21.9 Å². The van der Waals surface area contributed by atoms with Crippen molar-refractivity contribution >= 4 is 40.3 Å². The van der Waals surface area contributed by atoms with E-state index in [0.29, 0.717) is 5.82 Å². The largest absolute Gasteiger partial charge is 0.469 e. The Kier molecular flexibility index (Phi) is 5.33. The number of methoxy groups -OCH3 is 1. The van der Waals surface area contributed by atoms with Crippen molar-refractivity contribution in [2.24, 2.45) is 5.92 Å². The van der Waals surface area contributed by atoms with Gasteiger partial charge in [-0.25, -0.2) is 4.98 Å². The molecule has 0 saturated carbocycles. The second-order valence-corrected chi connectivity index (χ2v) is 4.78. The number of halogens is 1. The number of hydrogen-bond donors (Lipinski definition) is 1. The van der Waals surface area contributed by atoms with Crippen LogP contribution in [0.3, 0.4) is 0 Å². The van der Waals surface area contributed by atoms with Gasteiger partial charge in [-0.3, -0.25) is 9.59 Å². The fourth-order valence-electron chi connectivity index (χ4n) is 1.21. The summed E-state index contributed by atoms with van der Waals surface area (Å²) in [6, 6.07) is 3.55. The second-order valence-electron chi connectivity index (χ2n) is 3.54. The van der Waals surface area contributed by atoms with Gasteiger partial charge >= 0.3 is 5.97 Å². The molecule has 6 heteroatoms. The fraction of sp³-hybridized carbons (Fsp3) is 0.364. The highest BCUT2D eigenvalue weighted by Crippen LogP contribution is 2.09. The maximum atomic E-state index is 11.6. The third-order valence-electron chi connectivity index (χ3n) is 2.09. The lowest BCUT2D eigenvalue weighted by Crippen LogP contribution is -2.21. The molecular weight excluding hydrogens is 335 g/mol. The average molecular weight is 348 g/mol. The summed E-state index contributed by atoms with van der Waals surface area (Å²) in [4.78, 5) is 26.7. The van der Waals surface area contributed by atoms with E-state index in [1.165, 1.54) is 7.11 Å². The number of anilines is 1. The maximum Gasteiger partial charge on any atom is 0.308 e. The maximum absolute atomic E-state index is 11.6. The van der Waals surface area contributed by atoms with Crippen molar-refractivity contribution in [1.82, 2.24) is 4.98 Å². The first-order valence-electron chi connectivity index (χ1n) is 5.02. The molecule has 1 aromatic rings. The zero-order valence-electron chi connectivity index (χ0n) is 9.57. The van der Waals surface area contributed by atoms with Gasteiger partial charge in [0, 0.05) is 16.2 Å². The molecule has 0 spiro atoms. The number of pyridine rings is 1. The first kappa shape index (κ1) is 13.9. The van der Waals surface area contributed by atoms with Crippen molar-refractivity contribution in [3.8, 4) is 0 Å². The zero-order chi connectivity index (χ0) is 12.8. The Labute approximate surface area is 113 Å². The molecule has 1 N–H and O–H groups in total. The van der Waals surface area contributed by atoms with Crippen LogP contribution < -0.4 is 5.32 Å². The monoisotopic (exact) mass is 348 g/mol. The second kappa shape index (κ2) is 6.53. The molecule has 0 saturated heterocycles. The van der Waals surface area contributed by atoms with E-state index in [2.05, 4.69) is 37.6 Å².